The molecule has 0 bridgehead atoms. The van der Waals surface area contributed by atoms with Gasteiger partial charge in [-0.3, -0.25) is 9.69 Å². The lowest BCUT2D eigenvalue weighted by Gasteiger charge is -2.51. The van der Waals surface area contributed by atoms with Crippen molar-refractivity contribution >= 4 is 22.6 Å². The number of benzene rings is 3. The molecule has 1 atom stereocenters. The molecule has 40 heavy (non-hydrogen) atoms. The standard InChI is InChI=1S/C31H33F3N2O4/c1-2-39-26-13-6-4-9-23(26)20-35-17-14-30(27(21-35)40-29(38)31(32,33)34)15-18-36(19-16-30)28(37)25-12-7-10-22-8-3-5-11-24(22)25/h3-13,27H,2,14-21H2,1H3. The van der Waals surface area contributed by atoms with Crippen LogP contribution in [0.1, 0.15) is 42.1 Å². The minimum atomic E-state index is -5.07. The van der Waals surface area contributed by atoms with E-state index in [-0.39, 0.29) is 12.5 Å². The van der Waals surface area contributed by atoms with E-state index in [4.69, 9.17) is 9.47 Å². The van der Waals surface area contributed by atoms with Crippen molar-refractivity contribution in [2.75, 3.05) is 32.8 Å². The second-order valence-electron chi connectivity index (χ2n) is 10.6. The van der Waals surface area contributed by atoms with Crippen molar-refractivity contribution in [3.05, 3.63) is 77.9 Å². The second kappa shape index (κ2) is 11.5. The van der Waals surface area contributed by atoms with Gasteiger partial charge in [0.15, 0.2) is 0 Å². The number of fused-ring (bicyclic) bond motifs is 1. The third kappa shape index (κ3) is 5.80. The largest absolute Gasteiger partial charge is 0.494 e. The lowest BCUT2D eigenvalue weighted by molar-refractivity contribution is -0.216. The zero-order valence-electron chi connectivity index (χ0n) is 22.5. The molecule has 3 aromatic carbocycles. The van der Waals surface area contributed by atoms with Gasteiger partial charge in [0, 0.05) is 42.7 Å². The van der Waals surface area contributed by atoms with Gasteiger partial charge in [-0.05, 0) is 55.6 Å². The Morgan fingerprint density at radius 2 is 1.60 bits per heavy atom. The van der Waals surface area contributed by atoms with Crippen molar-refractivity contribution in [2.24, 2.45) is 5.41 Å². The maximum absolute atomic E-state index is 13.5. The van der Waals surface area contributed by atoms with Crippen LogP contribution in [0, 0.1) is 5.41 Å². The summed E-state index contributed by atoms with van der Waals surface area (Å²) in [5.41, 5.74) is 0.903. The normalized spacial score (nSPS) is 19.5. The Morgan fingerprint density at radius 1 is 0.925 bits per heavy atom. The molecule has 2 saturated heterocycles. The quantitative estimate of drug-likeness (QED) is 0.359. The minimum Gasteiger partial charge on any atom is -0.494 e. The molecule has 0 aliphatic carbocycles. The molecular weight excluding hydrogens is 521 g/mol. The lowest BCUT2D eigenvalue weighted by atomic mass is 9.69. The number of hydrogen-bond acceptors (Lipinski definition) is 5. The fourth-order valence-corrected chi connectivity index (χ4v) is 6.04. The van der Waals surface area contributed by atoms with Gasteiger partial charge in [0.1, 0.15) is 11.9 Å². The number of nitrogens with zero attached hydrogens (tertiary/aromatic N) is 2. The van der Waals surface area contributed by atoms with E-state index in [0.717, 1.165) is 22.1 Å². The molecule has 1 unspecified atom stereocenters. The van der Waals surface area contributed by atoms with Gasteiger partial charge in [-0.15, -0.1) is 0 Å². The van der Waals surface area contributed by atoms with Crippen LogP contribution < -0.4 is 4.74 Å². The number of rotatable bonds is 6. The summed E-state index contributed by atoms with van der Waals surface area (Å²) in [7, 11) is 0. The van der Waals surface area contributed by atoms with Crippen molar-refractivity contribution in [2.45, 2.75) is 45.0 Å². The molecule has 0 radical (unpaired) electrons. The SMILES string of the molecule is CCOc1ccccc1CN1CCC2(CCN(C(=O)c3cccc4ccccc34)CC2)C(OC(=O)C(F)(F)F)C1. The molecule has 9 heteroatoms. The molecule has 0 N–H and O–H groups in total. The Morgan fingerprint density at radius 3 is 2.35 bits per heavy atom. The van der Waals surface area contributed by atoms with Crippen molar-refractivity contribution in [3.8, 4) is 5.75 Å². The third-order valence-corrected chi connectivity index (χ3v) is 8.25. The fraction of sp³-hybridized carbons (Fsp3) is 0.419. The van der Waals surface area contributed by atoms with E-state index < -0.39 is 23.7 Å². The smallest absolute Gasteiger partial charge is 0.490 e. The van der Waals surface area contributed by atoms with Crippen LogP contribution in [0.4, 0.5) is 13.2 Å². The van der Waals surface area contributed by atoms with E-state index >= 15 is 0 Å². The summed E-state index contributed by atoms with van der Waals surface area (Å²) in [5, 5.41) is 1.84. The highest BCUT2D eigenvalue weighted by atomic mass is 19.4. The van der Waals surface area contributed by atoms with Gasteiger partial charge in [-0.1, -0.05) is 54.6 Å². The van der Waals surface area contributed by atoms with Crippen LogP contribution in [0.5, 0.6) is 5.75 Å². The highest BCUT2D eigenvalue weighted by molar-refractivity contribution is 6.07. The van der Waals surface area contributed by atoms with E-state index in [2.05, 4.69) is 0 Å². The lowest BCUT2D eigenvalue weighted by Crippen LogP contribution is -2.57. The van der Waals surface area contributed by atoms with E-state index in [1.54, 1.807) is 4.90 Å². The number of hydrogen-bond donors (Lipinski definition) is 0. The second-order valence-corrected chi connectivity index (χ2v) is 10.6. The molecule has 0 saturated carbocycles. The Labute approximate surface area is 231 Å². The van der Waals surface area contributed by atoms with Crippen molar-refractivity contribution in [1.29, 1.82) is 0 Å². The number of alkyl halides is 3. The Hall–Kier alpha value is -3.59. The molecule has 1 spiro atoms. The Bertz CT molecular complexity index is 1360. The predicted octanol–water partition coefficient (Wildman–Crippen LogP) is 5.84. The first-order valence-electron chi connectivity index (χ1n) is 13.7. The summed E-state index contributed by atoms with van der Waals surface area (Å²) in [4.78, 5) is 29.3. The predicted molar refractivity (Wildman–Crippen MR) is 145 cm³/mol. The third-order valence-electron chi connectivity index (χ3n) is 8.25. The molecule has 2 fully saturated rings. The monoisotopic (exact) mass is 554 g/mol. The van der Waals surface area contributed by atoms with Crippen LogP contribution in [-0.2, 0) is 16.1 Å². The molecule has 2 aliphatic rings. The summed E-state index contributed by atoms with van der Waals surface area (Å²) < 4.78 is 50.7. The highest BCUT2D eigenvalue weighted by Crippen LogP contribution is 2.44. The average molecular weight is 555 g/mol. The first-order valence-corrected chi connectivity index (χ1v) is 13.7. The van der Waals surface area contributed by atoms with Crippen molar-refractivity contribution in [1.82, 2.24) is 9.80 Å². The first-order chi connectivity index (χ1) is 19.2. The number of ether oxygens (including phenoxy) is 2. The van der Waals surface area contributed by atoms with Crippen LogP contribution in [0.25, 0.3) is 10.8 Å². The molecule has 6 nitrogen and oxygen atoms in total. The summed E-state index contributed by atoms with van der Waals surface area (Å²) in [6.07, 6.45) is -4.53. The summed E-state index contributed by atoms with van der Waals surface area (Å²) >= 11 is 0. The molecule has 2 heterocycles. The average Bonchev–Trinajstić information content (AvgIpc) is 2.95. The van der Waals surface area contributed by atoms with E-state index in [1.165, 1.54) is 0 Å². The number of likely N-dealkylation sites (tertiary alicyclic amines) is 2. The van der Waals surface area contributed by atoms with Gasteiger partial charge in [-0.2, -0.15) is 13.2 Å². The number of amides is 1. The summed E-state index contributed by atoms with van der Waals surface area (Å²) in [6.45, 7) is 4.45. The molecule has 0 aromatic heterocycles. The number of esters is 1. The Kier molecular flexibility index (Phi) is 8.03. The van der Waals surface area contributed by atoms with Crippen molar-refractivity contribution < 1.29 is 32.2 Å². The minimum absolute atomic E-state index is 0.0968. The van der Waals surface area contributed by atoms with Gasteiger partial charge in [-0.25, -0.2) is 4.79 Å². The van der Waals surface area contributed by atoms with Gasteiger partial charge in [0.2, 0.25) is 0 Å². The zero-order chi connectivity index (χ0) is 28.3. The van der Waals surface area contributed by atoms with Crippen LogP contribution in [0.15, 0.2) is 66.7 Å². The van der Waals surface area contributed by atoms with E-state index in [0.29, 0.717) is 57.6 Å². The molecule has 212 valence electrons. The fourth-order valence-electron chi connectivity index (χ4n) is 6.04. The van der Waals surface area contributed by atoms with Crippen LogP contribution in [-0.4, -0.2) is 66.7 Å². The number of carbonyl (C=O) groups excluding carboxylic acids is 2. The first kappa shape index (κ1) is 28.0. The maximum Gasteiger partial charge on any atom is 0.490 e. The van der Waals surface area contributed by atoms with Crippen molar-refractivity contribution in [3.63, 3.8) is 0 Å². The summed E-state index contributed by atoms with van der Waals surface area (Å²) in [6, 6.07) is 20.9. The van der Waals surface area contributed by atoms with Crippen LogP contribution in [0.2, 0.25) is 0 Å². The number of halogens is 3. The van der Waals surface area contributed by atoms with Crippen LogP contribution >= 0.6 is 0 Å². The molecule has 5 rings (SSSR count). The zero-order valence-corrected chi connectivity index (χ0v) is 22.5. The van der Waals surface area contributed by atoms with E-state index in [9.17, 15) is 22.8 Å². The van der Waals surface area contributed by atoms with E-state index in [1.807, 2.05) is 78.6 Å². The number of para-hydroxylation sites is 1. The van der Waals surface area contributed by atoms with Crippen LogP contribution in [0.3, 0.4) is 0 Å². The Balaban J connectivity index is 1.33. The number of carbonyl (C=O) groups is 2. The number of piperidine rings is 2. The molecule has 1 amide bonds. The maximum atomic E-state index is 13.5. The van der Waals surface area contributed by atoms with Gasteiger partial charge in [0.25, 0.3) is 5.91 Å². The highest BCUT2D eigenvalue weighted by Gasteiger charge is 2.51. The molecular formula is C31H33F3N2O4. The topological polar surface area (TPSA) is 59.1 Å². The molecule has 2 aliphatic heterocycles. The van der Waals surface area contributed by atoms with Gasteiger partial charge < -0.3 is 14.4 Å². The van der Waals surface area contributed by atoms with Gasteiger partial charge in [0.05, 0.1) is 6.61 Å². The summed E-state index contributed by atoms with van der Waals surface area (Å²) in [5.74, 6) is -1.53. The van der Waals surface area contributed by atoms with Gasteiger partial charge >= 0.3 is 12.1 Å². The molecule has 3 aromatic rings.